The first kappa shape index (κ1) is 21.0. The highest BCUT2D eigenvalue weighted by Crippen LogP contribution is 2.26. The number of amides is 2. The maximum Gasteiger partial charge on any atom is 0.293 e. The Hall–Kier alpha value is -4.87. The van der Waals surface area contributed by atoms with Crippen molar-refractivity contribution in [2.75, 3.05) is 10.6 Å². The number of nitrogens with one attached hydrogen (secondary N) is 3. The first-order valence-corrected chi connectivity index (χ1v) is 10.1. The van der Waals surface area contributed by atoms with Gasteiger partial charge in [-0.15, -0.1) is 0 Å². The fraction of sp³-hybridized carbons (Fsp3) is 0.0909. The molecule has 4 aromatic heterocycles. The molecule has 0 saturated heterocycles. The molecule has 0 aliphatic carbocycles. The Labute approximate surface area is 191 Å². The number of imidazole rings is 2. The number of benzene rings is 1. The van der Waals surface area contributed by atoms with Gasteiger partial charge in [0.05, 0.1) is 29.6 Å². The van der Waals surface area contributed by atoms with E-state index in [9.17, 15) is 14.0 Å². The molecule has 5 rings (SSSR count). The summed E-state index contributed by atoms with van der Waals surface area (Å²) >= 11 is 0. The van der Waals surface area contributed by atoms with Crippen molar-refractivity contribution in [2.24, 2.45) is 0 Å². The monoisotopic (exact) mass is 460 g/mol. The number of oxazole rings is 1. The van der Waals surface area contributed by atoms with Crippen molar-refractivity contribution < 1.29 is 18.4 Å². The summed E-state index contributed by atoms with van der Waals surface area (Å²) in [5, 5.41) is 5.36. The van der Waals surface area contributed by atoms with Gasteiger partial charge >= 0.3 is 0 Å². The van der Waals surface area contributed by atoms with Crippen molar-refractivity contribution in [3.05, 3.63) is 78.2 Å². The average Bonchev–Trinajstić information content (AvgIpc) is 3.54. The minimum Gasteiger partial charge on any atom is -0.436 e. The standard InChI is InChI=1S/C22H17FN8O3/c1-11-19(34-12(2)27-11)21(33)28-13-3-4-16(23)15(5-13)18-9-31-8-14(6-25-22(31)30-18)29-20(32)17-7-24-10-26-17/h3-10H,1-2H3,(H,24,26)(H,28,33)(H,29,32). The quantitative estimate of drug-likeness (QED) is 0.365. The zero-order valence-corrected chi connectivity index (χ0v) is 18.0. The van der Waals surface area contributed by atoms with Gasteiger partial charge in [-0.05, 0) is 25.1 Å². The Balaban J connectivity index is 1.41. The summed E-state index contributed by atoms with van der Waals surface area (Å²) in [6.45, 7) is 3.31. The van der Waals surface area contributed by atoms with Gasteiger partial charge in [0.2, 0.25) is 11.5 Å². The highest BCUT2D eigenvalue weighted by molar-refractivity contribution is 6.03. The lowest BCUT2D eigenvalue weighted by molar-refractivity contribution is 0.0992. The molecule has 0 aliphatic heterocycles. The molecule has 0 radical (unpaired) electrons. The lowest BCUT2D eigenvalue weighted by Gasteiger charge is -2.06. The number of carbonyl (C=O) groups excluding carboxylic acids is 2. The SMILES string of the molecule is Cc1nc(C)c(C(=O)Nc2ccc(F)c(-c3cn4cc(NC(=O)c5c[nH]cn5)cnc4n3)c2)o1. The number of carbonyl (C=O) groups is 2. The van der Waals surface area contributed by atoms with Crippen LogP contribution in [0.1, 0.15) is 32.6 Å². The number of hydrogen-bond acceptors (Lipinski definition) is 7. The normalized spacial score (nSPS) is 11.0. The van der Waals surface area contributed by atoms with E-state index in [0.29, 0.717) is 34.4 Å². The molecule has 34 heavy (non-hydrogen) atoms. The van der Waals surface area contributed by atoms with Crippen LogP contribution in [0.4, 0.5) is 15.8 Å². The van der Waals surface area contributed by atoms with Crippen LogP contribution in [0, 0.1) is 19.7 Å². The van der Waals surface area contributed by atoms with Crippen LogP contribution in [0.2, 0.25) is 0 Å². The van der Waals surface area contributed by atoms with Gasteiger partial charge in [-0.2, -0.15) is 0 Å². The summed E-state index contributed by atoms with van der Waals surface area (Å²) in [7, 11) is 0. The van der Waals surface area contributed by atoms with Crippen LogP contribution in [0.25, 0.3) is 17.0 Å². The largest absolute Gasteiger partial charge is 0.436 e. The molecule has 12 heteroatoms. The number of H-pyrrole nitrogens is 1. The fourth-order valence-corrected chi connectivity index (χ4v) is 3.39. The van der Waals surface area contributed by atoms with Crippen LogP contribution < -0.4 is 10.6 Å². The molecule has 0 bridgehead atoms. The van der Waals surface area contributed by atoms with Gasteiger partial charge in [0.15, 0.2) is 5.89 Å². The molecule has 0 spiro atoms. The summed E-state index contributed by atoms with van der Waals surface area (Å²) < 4.78 is 21.5. The smallest absolute Gasteiger partial charge is 0.293 e. The maximum absolute atomic E-state index is 14.6. The second-order valence-corrected chi connectivity index (χ2v) is 7.38. The third kappa shape index (κ3) is 3.99. The highest BCUT2D eigenvalue weighted by atomic mass is 19.1. The van der Waals surface area contributed by atoms with E-state index in [1.807, 2.05) is 0 Å². The van der Waals surface area contributed by atoms with Crippen LogP contribution in [-0.2, 0) is 0 Å². The van der Waals surface area contributed by atoms with Crippen LogP contribution in [0.3, 0.4) is 0 Å². The van der Waals surface area contributed by atoms with E-state index in [2.05, 4.69) is 35.6 Å². The van der Waals surface area contributed by atoms with Gasteiger partial charge in [-0.3, -0.25) is 14.0 Å². The maximum atomic E-state index is 14.6. The van der Waals surface area contributed by atoms with Crippen LogP contribution in [0.5, 0.6) is 0 Å². The molecule has 0 unspecified atom stereocenters. The first-order valence-electron chi connectivity index (χ1n) is 10.1. The van der Waals surface area contributed by atoms with Gasteiger partial charge in [0.1, 0.15) is 11.5 Å². The van der Waals surface area contributed by atoms with E-state index in [1.54, 1.807) is 30.6 Å². The predicted molar refractivity (Wildman–Crippen MR) is 119 cm³/mol. The molecule has 11 nitrogen and oxygen atoms in total. The van der Waals surface area contributed by atoms with Crippen molar-refractivity contribution in [3.8, 4) is 11.3 Å². The molecule has 170 valence electrons. The molecule has 0 fully saturated rings. The van der Waals surface area contributed by atoms with Crippen molar-refractivity contribution in [3.63, 3.8) is 0 Å². The second-order valence-electron chi connectivity index (χ2n) is 7.38. The molecular weight excluding hydrogens is 443 g/mol. The molecule has 0 atom stereocenters. The van der Waals surface area contributed by atoms with E-state index >= 15 is 0 Å². The van der Waals surface area contributed by atoms with E-state index in [0.717, 1.165) is 0 Å². The Morgan fingerprint density at radius 3 is 2.62 bits per heavy atom. The van der Waals surface area contributed by atoms with Gasteiger partial charge in [0, 0.05) is 36.8 Å². The van der Waals surface area contributed by atoms with Crippen LogP contribution in [0.15, 0.2) is 53.7 Å². The fourth-order valence-electron chi connectivity index (χ4n) is 3.39. The summed E-state index contributed by atoms with van der Waals surface area (Å²) in [4.78, 5) is 44.0. The number of hydrogen-bond donors (Lipinski definition) is 3. The zero-order valence-electron chi connectivity index (χ0n) is 18.0. The third-order valence-electron chi connectivity index (χ3n) is 4.91. The van der Waals surface area contributed by atoms with Gasteiger partial charge in [0.25, 0.3) is 11.8 Å². The lowest BCUT2D eigenvalue weighted by Crippen LogP contribution is -2.12. The van der Waals surface area contributed by atoms with E-state index in [4.69, 9.17) is 4.42 Å². The molecular formula is C22H17FN8O3. The summed E-state index contributed by atoms with van der Waals surface area (Å²) in [5.74, 6) is -0.669. The Bertz CT molecular complexity index is 1540. The molecule has 0 saturated carbocycles. The van der Waals surface area contributed by atoms with Gasteiger partial charge in [-0.1, -0.05) is 0 Å². The number of halogens is 1. The number of anilines is 2. The molecule has 4 heterocycles. The van der Waals surface area contributed by atoms with Gasteiger partial charge < -0.3 is 20.0 Å². The lowest BCUT2D eigenvalue weighted by atomic mass is 10.1. The topological polar surface area (TPSA) is 143 Å². The second kappa shape index (κ2) is 8.24. The number of aryl methyl sites for hydroxylation is 2. The van der Waals surface area contributed by atoms with Crippen molar-refractivity contribution in [1.82, 2.24) is 29.3 Å². The number of rotatable bonds is 5. The third-order valence-corrected chi connectivity index (χ3v) is 4.91. The number of aromatic amines is 1. The number of fused-ring (bicyclic) bond motifs is 1. The van der Waals surface area contributed by atoms with Crippen molar-refractivity contribution >= 4 is 29.0 Å². The average molecular weight is 460 g/mol. The molecule has 0 aliphatic rings. The van der Waals surface area contributed by atoms with Crippen LogP contribution in [-0.4, -0.2) is 41.1 Å². The Kier molecular flexibility index (Phi) is 5.09. The van der Waals surface area contributed by atoms with Crippen LogP contribution >= 0.6 is 0 Å². The van der Waals surface area contributed by atoms with Crippen molar-refractivity contribution in [1.29, 1.82) is 0 Å². The summed E-state index contributed by atoms with van der Waals surface area (Å²) in [6.07, 6.45) is 7.47. The molecule has 3 N–H and O–H groups in total. The van der Waals surface area contributed by atoms with Gasteiger partial charge in [-0.25, -0.2) is 24.3 Å². The summed E-state index contributed by atoms with van der Waals surface area (Å²) in [5.41, 5.74) is 1.90. The minimum absolute atomic E-state index is 0.0877. The molecule has 1 aromatic carbocycles. The summed E-state index contributed by atoms with van der Waals surface area (Å²) in [6, 6.07) is 4.14. The van der Waals surface area contributed by atoms with E-state index < -0.39 is 17.6 Å². The Morgan fingerprint density at radius 2 is 1.88 bits per heavy atom. The predicted octanol–water partition coefficient (Wildman–Crippen LogP) is 3.37. The van der Waals surface area contributed by atoms with E-state index in [1.165, 1.54) is 36.9 Å². The number of nitrogens with zero attached hydrogens (tertiary/aromatic N) is 5. The molecule has 5 aromatic rings. The highest BCUT2D eigenvalue weighted by Gasteiger charge is 2.18. The van der Waals surface area contributed by atoms with E-state index in [-0.39, 0.29) is 17.0 Å². The molecule has 2 amide bonds. The Morgan fingerprint density at radius 1 is 1.06 bits per heavy atom. The first-order chi connectivity index (χ1) is 16.4. The zero-order chi connectivity index (χ0) is 23.8. The minimum atomic E-state index is -0.528. The van der Waals surface area contributed by atoms with Crippen molar-refractivity contribution in [2.45, 2.75) is 13.8 Å². The number of aromatic nitrogens is 6.